The molecule has 0 aliphatic heterocycles. The summed E-state index contributed by atoms with van der Waals surface area (Å²) in [7, 11) is 1.62. The lowest BCUT2D eigenvalue weighted by Gasteiger charge is -2.33. The Balaban J connectivity index is 1.49. The predicted octanol–water partition coefficient (Wildman–Crippen LogP) is 10.3. The molecule has 2 aliphatic carbocycles. The van der Waals surface area contributed by atoms with Crippen LogP contribution in [0.3, 0.4) is 0 Å². The molecule has 0 aromatic heterocycles. The first kappa shape index (κ1) is 28.2. The van der Waals surface area contributed by atoms with Crippen LogP contribution in [0.5, 0.6) is 11.5 Å². The fourth-order valence-electron chi connectivity index (χ4n) is 6.29. The second-order valence-corrected chi connectivity index (χ2v) is 14.0. The summed E-state index contributed by atoms with van der Waals surface area (Å²) < 4.78 is 27.1. The summed E-state index contributed by atoms with van der Waals surface area (Å²) in [6, 6.07) is 18.0. The Morgan fingerprint density at radius 1 is 0.897 bits per heavy atom. The third kappa shape index (κ3) is 5.64. The van der Waals surface area contributed by atoms with Crippen molar-refractivity contribution in [2.24, 2.45) is 11.3 Å². The van der Waals surface area contributed by atoms with E-state index in [4.69, 9.17) is 9.47 Å². The third-order valence-electron chi connectivity index (χ3n) is 8.77. The molecule has 3 aromatic rings. The molecule has 39 heavy (non-hydrogen) atoms. The molecular formula is C35H40FIO2. The molecule has 4 heteroatoms. The fraction of sp³-hybridized carbons (Fsp3) is 0.429. The van der Waals surface area contributed by atoms with E-state index in [9.17, 15) is 0 Å². The first-order valence-corrected chi connectivity index (χ1v) is 15.3. The Labute approximate surface area is 247 Å². The van der Waals surface area contributed by atoms with Crippen LogP contribution in [0.1, 0.15) is 82.1 Å². The van der Waals surface area contributed by atoms with Crippen LogP contribution in [-0.4, -0.2) is 7.11 Å². The highest BCUT2D eigenvalue weighted by Crippen LogP contribution is 2.49. The molecule has 0 heterocycles. The zero-order valence-corrected chi connectivity index (χ0v) is 26.0. The van der Waals surface area contributed by atoms with Gasteiger partial charge in [0.15, 0.2) is 0 Å². The number of rotatable bonds is 7. The Bertz CT molecular complexity index is 1390. The Morgan fingerprint density at radius 3 is 2.41 bits per heavy atom. The van der Waals surface area contributed by atoms with E-state index in [1.807, 2.05) is 6.07 Å². The van der Waals surface area contributed by atoms with E-state index in [2.05, 4.69) is 86.7 Å². The first-order valence-electron chi connectivity index (χ1n) is 14.3. The Morgan fingerprint density at radius 2 is 1.69 bits per heavy atom. The summed E-state index contributed by atoms with van der Waals surface area (Å²) >= 11 is 2.70. The minimum absolute atomic E-state index is 0.0288. The number of fused-ring (bicyclic) bond motifs is 1. The third-order valence-corrected chi connectivity index (χ3v) is 11.1. The van der Waals surface area contributed by atoms with Crippen molar-refractivity contribution in [2.75, 3.05) is 7.11 Å². The summed E-state index contributed by atoms with van der Waals surface area (Å²) in [5.74, 6) is 1.89. The molecule has 206 valence electrons. The summed E-state index contributed by atoms with van der Waals surface area (Å²) in [6.45, 7) is 9.70. The van der Waals surface area contributed by atoms with Gasteiger partial charge in [0.2, 0.25) is 0 Å². The van der Waals surface area contributed by atoms with E-state index in [0.717, 1.165) is 41.7 Å². The van der Waals surface area contributed by atoms with Gasteiger partial charge in [-0.2, -0.15) is 0 Å². The van der Waals surface area contributed by atoms with E-state index >= 15 is 4.39 Å². The lowest BCUT2D eigenvalue weighted by Crippen LogP contribution is -2.25. The van der Waals surface area contributed by atoms with Gasteiger partial charge in [-0.15, -0.1) is 0 Å². The summed E-state index contributed by atoms with van der Waals surface area (Å²) in [5, 5.41) is 0. The highest BCUT2D eigenvalue weighted by molar-refractivity contribution is 14.1. The van der Waals surface area contributed by atoms with Crippen LogP contribution in [0.4, 0.5) is 4.39 Å². The fourth-order valence-corrected chi connectivity index (χ4v) is 7.17. The summed E-state index contributed by atoms with van der Waals surface area (Å²) in [4.78, 5) is 0. The molecule has 2 nitrogen and oxygen atoms in total. The van der Waals surface area contributed by atoms with Crippen molar-refractivity contribution >= 4 is 28.2 Å². The average Bonchev–Trinajstić information content (AvgIpc) is 3.19. The largest absolute Gasteiger partial charge is 0.497 e. The molecule has 0 saturated heterocycles. The van der Waals surface area contributed by atoms with E-state index in [-0.39, 0.29) is 14.7 Å². The first-order chi connectivity index (χ1) is 18.6. The lowest BCUT2D eigenvalue weighted by atomic mass is 9.79. The van der Waals surface area contributed by atoms with Crippen LogP contribution in [-0.2, 0) is 16.4 Å². The zero-order chi connectivity index (χ0) is 27.8. The molecule has 1 atom stereocenters. The second-order valence-electron chi connectivity index (χ2n) is 12.1. The minimum atomic E-state index is -0.241. The van der Waals surface area contributed by atoms with Gasteiger partial charge in [-0.25, -0.2) is 4.39 Å². The van der Waals surface area contributed by atoms with Gasteiger partial charge in [0, 0.05) is 8.99 Å². The van der Waals surface area contributed by atoms with Crippen molar-refractivity contribution in [3.8, 4) is 22.6 Å². The summed E-state index contributed by atoms with van der Waals surface area (Å²) in [6.07, 6.45) is 9.31. The zero-order valence-electron chi connectivity index (χ0n) is 23.9. The normalized spacial score (nSPS) is 20.4. The minimum Gasteiger partial charge on any atom is -0.497 e. The highest BCUT2D eigenvalue weighted by Gasteiger charge is 2.36. The number of halogens is 2. The summed E-state index contributed by atoms with van der Waals surface area (Å²) in [5.41, 5.74) is 7.84. The van der Waals surface area contributed by atoms with Crippen molar-refractivity contribution in [1.29, 1.82) is 0 Å². The number of methoxy groups -OCH3 is 1. The molecule has 0 bridgehead atoms. The number of hydrogen-bond acceptors (Lipinski definition) is 2. The van der Waals surface area contributed by atoms with Gasteiger partial charge in [-0.3, -0.25) is 0 Å². The van der Waals surface area contributed by atoms with Crippen molar-refractivity contribution in [3.63, 3.8) is 0 Å². The Kier molecular flexibility index (Phi) is 8.15. The smallest absolute Gasteiger partial charge is 0.131 e. The molecule has 2 aliphatic rings. The molecule has 0 amide bonds. The predicted molar refractivity (Wildman–Crippen MR) is 168 cm³/mol. The number of aryl methyl sites for hydroxylation is 1. The van der Waals surface area contributed by atoms with E-state index < -0.39 is 0 Å². The molecule has 0 spiro atoms. The van der Waals surface area contributed by atoms with Gasteiger partial charge in [0.05, 0.1) is 7.11 Å². The van der Waals surface area contributed by atoms with E-state index in [1.54, 1.807) is 19.2 Å². The molecule has 0 saturated carbocycles. The molecule has 0 radical (unpaired) electrons. The quantitative estimate of drug-likeness (QED) is 0.146. The number of allylic oxidation sites excluding steroid dienone is 2. The molecule has 0 N–H and O–H groups in total. The van der Waals surface area contributed by atoms with Crippen molar-refractivity contribution in [2.45, 2.75) is 76.2 Å². The van der Waals surface area contributed by atoms with Gasteiger partial charge in [-0.1, -0.05) is 81.0 Å². The monoisotopic (exact) mass is 638 g/mol. The Hall–Kier alpha value is -2.34. The lowest BCUT2D eigenvalue weighted by molar-refractivity contribution is 0.305. The maximum absolute atomic E-state index is 15.1. The van der Waals surface area contributed by atoms with Gasteiger partial charge in [0.25, 0.3) is 0 Å². The molecular weight excluding hydrogens is 598 g/mol. The topological polar surface area (TPSA) is 18.5 Å². The maximum Gasteiger partial charge on any atom is 0.131 e. The number of alkyl halides is 1. The van der Waals surface area contributed by atoms with E-state index in [1.165, 1.54) is 42.0 Å². The number of hydrogen-bond donors (Lipinski definition) is 0. The molecule has 1 unspecified atom stereocenters. The average molecular weight is 639 g/mol. The second kappa shape index (κ2) is 11.3. The van der Waals surface area contributed by atoms with Gasteiger partial charge in [0.1, 0.15) is 23.9 Å². The molecule has 5 rings (SSSR count). The standard InChI is InChI=1S/C35H40FIO2/c1-23(2)35(37)18-7-6-9-25-12-13-27(21-32(25)35)39-22-24-11-15-28(30-20-26(38-5)14-16-33(30)36)29(19-24)31-10-8-17-34(31,3)4/h10-16,19-21,23H,6-9,17-18,22H2,1-5H3. The van der Waals surface area contributed by atoms with Gasteiger partial charge < -0.3 is 9.47 Å². The van der Waals surface area contributed by atoms with Crippen LogP contribution < -0.4 is 9.47 Å². The van der Waals surface area contributed by atoms with Crippen molar-refractivity contribution in [1.82, 2.24) is 0 Å². The SMILES string of the molecule is COc1ccc(F)c(-c2ccc(COc3ccc4c(c3)C(I)(C(C)C)CCCC4)cc2C2=CCCC2(C)C)c1. The molecule has 3 aromatic carbocycles. The maximum atomic E-state index is 15.1. The van der Waals surface area contributed by atoms with Crippen LogP contribution in [0.2, 0.25) is 0 Å². The van der Waals surface area contributed by atoms with Crippen LogP contribution >= 0.6 is 22.6 Å². The van der Waals surface area contributed by atoms with Crippen LogP contribution in [0.15, 0.2) is 60.7 Å². The van der Waals surface area contributed by atoms with Gasteiger partial charge in [-0.05, 0) is 113 Å². The van der Waals surface area contributed by atoms with Crippen LogP contribution in [0, 0.1) is 17.2 Å². The van der Waals surface area contributed by atoms with Crippen molar-refractivity contribution < 1.29 is 13.9 Å². The van der Waals surface area contributed by atoms with Gasteiger partial charge >= 0.3 is 0 Å². The number of ether oxygens (including phenoxy) is 2. The van der Waals surface area contributed by atoms with E-state index in [0.29, 0.717) is 23.8 Å². The van der Waals surface area contributed by atoms with Crippen LogP contribution in [0.25, 0.3) is 16.7 Å². The molecule has 0 fully saturated rings. The number of benzene rings is 3. The van der Waals surface area contributed by atoms with Crippen molar-refractivity contribution in [3.05, 3.63) is 88.7 Å². The highest BCUT2D eigenvalue weighted by atomic mass is 127.